The molecule has 1 aromatic carbocycles. The summed E-state index contributed by atoms with van der Waals surface area (Å²) in [5.74, 6) is -0.789. The molecule has 0 aliphatic heterocycles. The van der Waals surface area contributed by atoms with Crippen LogP contribution in [0, 0.1) is 0 Å². The van der Waals surface area contributed by atoms with E-state index < -0.39 is 5.97 Å². The molecule has 0 radical (unpaired) electrons. The van der Waals surface area contributed by atoms with E-state index in [1.165, 1.54) is 6.08 Å². The number of rotatable bonds is 5. The van der Waals surface area contributed by atoms with Gasteiger partial charge in [-0.05, 0) is 36.6 Å². The van der Waals surface area contributed by atoms with E-state index in [0.717, 1.165) is 31.2 Å². The predicted molar refractivity (Wildman–Crippen MR) is 81.8 cm³/mol. The van der Waals surface area contributed by atoms with Crippen LogP contribution in [-0.4, -0.2) is 24.5 Å². The van der Waals surface area contributed by atoms with Gasteiger partial charge in [0.2, 0.25) is 0 Å². The molecular formula is C16H18ClNO3. The Hall–Kier alpha value is -1.81. The molecule has 4 nitrogen and oxygen atoms in total. The average molecular weight is 308 g/mol. The number of carbonyl (C=O) groups is 2. The minimum Gasteiger partial charge on any atom is -0.452 e. The van der Waals surface area contributed by atoms with Crippen molar-refractivity contribution < 1.29 is 14.3 Å². The molecule has 0 bridgehead atoms. The molecule has 0 unspecified atom stereocenters. The van der Waals surface area contributed by atoms with Gasteiger partial charge in [-0.3, -0.25) is 4.79 Å². The number of halogens is 1. The first-order chi connectivity index (χ1) is 10.1. The molecule has 1 fully saturated rings. The van der Waals surface area contributed by atoms with Crippen molar-refractivity contribution in [3.05, 3.63) is 40.9 Å². The Kier molecular flexibility index (Phi) is 5.81. The van der Waals surface area contributed by atoms with Crippen molar-refractivity contribution in [3.8, 4) is 0 Å². The highest BCUT2D eigenvalue weighted by Gasteiger charge is 2.17. The summed E-state index contributed by atoms with van der Waals surface area (Å²) in [5, 5.41) is 3.46. The van der Waals surface area contributed by atoms with Crippen molar-refractivity contribution in [2.24, 2.45) is 0 Å². The molecule has 1 N–H and O–H groups in total. The monoisotopic (exact) mass is 307 g/mol. The van der Waals surface area contributed by atoms with E-state index in [1.54, 1.807) is 24.3 Å². The maximum atomic E-state index is 11.6. The first-order valence-corrected chi connectivity index (χ1v) is 7.41. The molecule has 112 valence electrons. The van der Waals surface area contributed by atoms with E-state index in [0.29, 0.717) is 5.02 Å². The second kappa shape index (κ2) is 7.84. The van der Waals surface area contributed by atoms with Crippen LogP contribution >= 0.6 is 11.6 Å². The molecule has 0 aromatic heterocycles. The Labute approximate surface area is 129 Å². The normalized spacial score (nSPS) is 15.3. The highest BCUT2D eigenvalue weighted by molar-refractivity contribution is 6.30. The topological polar surface area (TPSA) is 55.4 Å². The number of benzene rings is 1. The van der Waals surface area contributed by atoms with E-state index in [4.69, 9.17) is 16.3 Å². The molecule has 0 heterocycles. The zero-order valence-electron chi connectivity index (χ0n) is 11.7. The van der Waals surface area contributed by atoms with Crippen molar-refractivity contribution in [1.29, 1.82) is 0 Å². The Balaban J connectivity index is 1.72. The number of hydrogen-bond donors (Lipinski definition) is 1. The standard InChI is InChI=1S/C16H18ClNO3/c17-13-5-3-4-12(10-13)8-9-16(20)21-11-15(19)18-14-6-1-2-7-14/h3-5,8-10,14H,1-2,6-7,11H2,(H,18,19)/b9-8+. The van der Waals surface area contributed by atoms with Crippen LogP contribution in [0.4, 0.5) is 0 Å². The molecule has 21 heavy (non-hydrogen) atoms. The van der Waals surface area contributed by atoms with E-state index in [1.807, 2.05) is 6.07 Å². The fourth-order valence-electron chi connectivity index (χ4n) is 2.30. The number of carbonyl (C=O) groups excluding carboxylic acids is 2. The highest BCUT2D eigenvalue weighted by Crippen LogP contribution is 2.17. The average Bonchev–Trinajstić information content (AvgIpc) is 2.96. The van der Waals surface area contributed by atoms with Crippen molar-refractivity contribution in [2.45, 2.75) is 31.7 Å². The van der Waals surface area contributed by atoms with Gasteiger partial charge < -0.3 is 10.1 Å². The molecule has 1 aromatic rings. The summed E-state index contributed by atoms with van der Waals surface area (Å²) in [6.07, 6.45) is 7.19. The molecule has 1 saturated carbocycles. The third kappa shape index (κ3) is 5.60. The van der Waals surface area contributed by atoms with Gasteiger partial charge >= 0.3 is 5.97 Å². The summed E-state index contributed by atoms with van der Waals surface area (Å²) < 4.78 is 4.90. The van der Waals surface area contributed by atoms with Crippen molar-refractivity contribution in [2.75, 3.05) is 6.61 Å². The summed E-state index contributed by atoms with van der Waals surface area (Å²) >= 11 is 5.84. The van der Waals surface area contributed by atoms with Gasteiger partial charge in [-0.15, -0.1) is 0 Å². The van der Waals surface area contributed by atoms with Crippen LogP contribution in [0.25, 0.3) is 6.08 Å². The lowest BCUT2D eigenvalue weighted by Gasteiger charge is -2.11. The lowest BCUT2D eigenvalue weighted by molar-refractivity contribution is -0.144. The zero-order valence-corrected chi connectivity index (χ0v) is 12.4. The van der Waals surface area contributed by atoms with E-state index in [9.17, 15) is 9.59 Å². The quantitative estimate of drug-likeness (QED) is 0.672. The van der Waals surface area contributed by atoms with Gasteiger partial charge in [0.05, 0.1) is 0 Å². The van der Waals surface area contributed by atoms with Crippen LogP contribution < -0.4 is 5.32 Å². The molecule has 0 spiro atoms. The van der Waals surface area contributed by atoms with Gasteiger partial charge in [0.25, 0.3) is 5.91 Å². The van der Waals surface area contributed by atoms with Crippen LogP contribution in [0.1, 0.15) is 31.2 Å². The number of ether oxygens (including phenoxy) is 1. The van der Waals surface area contributed by atoms with Crippen LogP contribution in [0.15, 0.2) is 30.3 Å². The first kappa shape index (κ1) is 15.6. The summed E-state index contributed by atoms with van der Waals surface area (Å²) in [5.41, 5.74) is 0.801. The Morgan fingerprint density at radius 1 is 1.33 bits per heavy atom. The maximum absolute atomic E-state index is 11.6. The fraction of sp³-hybridized carbons (Fsp3) is 0.375. The summed E-state index contributed by atoms with van der Waals surface area (Å²) in [4.78, 5) is 23.1. The lowest BCUT2D eigenvalue weighted by atomic mass is 10.2. The maximum Gasteiger partial charge on any atom is 0.331 e. The third-order valence-corrected chi connectivity index (χ3v) is 3.56. The van der Waals surface area contributed by atoms with Gasteiger partial charge in [-0.2, -0.15) is 0 Å². The van der Waals surface area contributed by atoms with Gasteiger partial charge in [-0.25, -0.2) is 4.79 Å². The predicted octanol–water partition coefficient (Wildman–Crippen LogP) is 2.96. The lowest BCUT2D eigenvalue weighted by Crippen LogP contribution is -2.35. The second-order valence-electron chi connectivity index (χ2n) is 5.04. The number of amides is 1. The molecular weight excluding hydrogens is 290 g/mol. The van der Waals surface area contributed by atoms with E-state index >= 15 is 0 Å². The fourth-order valence-corrected chi connectivity index (χ4v) is 2.50. The third-order valence-electron chi connectivity index (χ3n) is 3.33. The SMILES string of the molecule is O=C(COC(=O)/C=C/c1cccc(Cl)c1)NC1CCCC1. The summed E-state index contributed by atoms with van der Waals surface area (Å²) in [6, 6.07) is 7.34. The Bertz CT molecular complexity index is 536. The molecule has 1 amide bonds. The van der Waals surface area contributed by atoms with Crippen LogP contribution in [0.5, 0.6) is 0 Å². The smallest absolute Gasteiger partial charge is 0.331 e. The molecule has 1 aliphatic rings. The van der Waals surface area contributed by atoms with Crippen LogP contribution in [-0.2, 0) is 14.3 Å². The van der Waals surface area contributed by atoms with Crippen molar-refractivity contribution >= 4 is 29.6 Å². The van der Waals surface area contributed by atoms with Crippen LogP contribution in [0.3, 0.4) is 0 Å². The van der Waals surface area contributed by atoms with Crippen LogP contribution in [0.2, 0.25) is 5.02 Å². The number of nitrogens with one attached hydrogen (secondary N) is 1. The Morgan fingerprint density at radius 2 is 2.10 bits per heavy atom. The molecule has 1 aliphatic carbocycles. The highest BCUT2D eigenvalue weighted by atomic mass is 35.5. The molecule has 0 atom stereocenters. The van der Waals surface area contributed by atoms with Gasteiger partial charge in [-0.1, -0.05) is 36.6 Å². The van der Waals surface area contributed by atoms with Crippen molar-refractivity contribution in [1.82, 2.24) is 5.32 Å². The minimum atomic E-state index is -0.545. The minimum absolute atomic E-state index is 0.234. The Morgan fingerprint density at radius 3 is 2.81 bits per heavy atom. The van der Waals surface area contributed by atoms with Gasteiger partial charge in [0.15, 0.2) is 6.61 Å². The van der Waals surface area contributed by atoms with E-state index in [-0.39, 0.29) is 18.6 Å². The molecule has 2 rings (SSSR count). The first-order valence-electron chi connectivity index (χ1n) is 7.03. The second-order valence-corrected chi connectivity index (χ2v) is 5.48. The van der Waals surface area contributed by atoms with Gasteiger partial charge in [0, 0.05) is 17.1 Å². The molecule has 5 heteroatoms. The molecule has 0 saturated heterocycles. The number of esters is 1. The van der Waals surface area contributed by atoms with Crippen molar-refractivity contribution in [3.63, 3.8) is 0 Å². The van der Waals surface area contributed by atoms with Gasteiger partial charge in [0.1, 0.15) is 0 Å². The van der Waals surface area contributed by atoms with E-state index in [2.05, 4.69) is 5.32 Å². The zero-order chi connectivity index (χ0) is 15.1. The summed E-state index contributed by atoms with van der Waals surface area (Å²) in [7, 11) is 0. The number of hydrogen-bond acceptors (Lipinski definition) is 3. The largest absolute Gasteiger partial charge is 0.452 e. The summed E-state index contributed by atoms with van der Waals surface area (Å²) in [6.45, 7) is -0.241.